The molecule has 1 aliphatic rings. The second-order valence-corrected chi connectivity index (χ2v) is 8.58. The molecule has 1 heterocycles. The average Bonchev–Trinajstić information content (AvgIpc) is 3.16. The molecule has 0 aliphatic heterocycles. The van der Waals surface area contributed by atoms with Gasteiger partial charge in [-0.15, -0.1) is 11.3 Å². The number of carbonyl (C=O) groups excluding carboxylic acids is 1. The van der Waals surface area contributed by atoms with E-state index in [1.165, 1.54) is 12.1 Å². The van der Waals surface area contributed by atoms with E-state index in [0.29, 0.717) is 4.88 Å². The fourth-order valence-electron chi connectivity index (χ4n) is 3.18. The third-order valence-corrected chi connectivity index (χ3v) is 6.48. The van der Waals surface area contributed by atoms with Gasteiger partial charge in [0.05, 0.1) is 4.88 Å². The van der Waals surface area contributed by atoms with Crippen molar-refractivity contribution in [2.45, 2.75) is 37.8 Å². The molecule has 0 bridgehead atoms. The van der Waals surface area contributed by atoms with E-state index in [1.54, 1.807) is 12.1 Å². The second-order valence-electron chi connectivity index (χ2n) is 6.69. The van der Waals surface area contributed by atoms with Crippen molar-refractivity contribution in [2.75, 3.05) is 4.31 Å². The molecule has 1 aliphatic carbocycles. The Labute approximate surface area is 163 Å². The van der Waals surface area contributed by atoms with Crippen LogP contribution in [-0.4, -0.2) is 37.3 Å². The summed E-state index contributed by atoms with van der Waals surface area (Å²) in [5.74, 6) is -1.88. The van der Waals surface area contributed by atoms with Crippen LogP contribution in [0.15, 0.2) is 42.5 Å². The summed E-state index contributed by atoms with van der Waals surface area (Å²) in [6.07, 6.45) is 0.212. The Morgan fingerprint density at radius 1 is 1.26 bits per heavy atom. The van der Waals surface area contributed by atoms with E-state index in [0.717, 1.165) is 21.2 Å². The fourth-order valence-corrected chi connectivity index (χ4v) is 5.16. The highest BCUT2D eigenvalue weighted by molar-refractivity contribution is 7.81. The zero-order chi connectivity index (χ0) is 19.8. The highest BCUT2D eigenvalue weighted by Gasteiger charge is 2.67. The number of hydrogen-bond acceptors (Lipinski definition) is 4. The first-order valence-electron chi connectivity index (χ1n) is 8.37. The first-order chi connectivity index (χ1) is 12.8. The summed E-state index contributed by atoms with van der Waals surface area (Å²) < 4.78 is 23.0. The molecule has 1 saturated carbocycles. The highest BCUT2D eigenvalue weighted by Crippen LogP contribution is 2.58. The molecule has 3 unspecified atom stereocenters. The zero-order valence-electron chi connectivity index (χ0n) is 14.8. The van der Waals surface area contributed by atoms with Crippen molar-refractivity contribution in [3.63, 3.8) is 0 Å². The molecule has 9 heteroatoms. The normalized spacial score (nSPS) is 22.3. The summed E-state index contributed by atoms with van der Waals surface area (Å²) in [6, 6.07) is 12.1. The van der Waals surface area contributed by atoms with Gasteiger partial charge in [-0.3, -0.25) is 9.35 Å². The minimum absolute atomic E-state index is 0.0534. The van der Waals surface area contributed by atoms with Crippen LogP contribution in [0.3, 0.4) is 0 Å². The number of benzene rings is 1. The van der Waals surface area contributed by atoms with Gasteiger partial charge in [-0.25, -0.2) is 13.3 Å². The molecule has 3 rings (SSSR count). The van der Waals surface area contributed by atoms with Gasteiger partial charge < -0.3 is 10.4 Å². The quantitative estimate of drug-likeness (QED) is 0.611. The molecule has 0 spiro atoms. The van der Waals surface area contributed by atoms with E-state index in [2.05, 4.69) is 5.32 Å². The van der Waals surface area contributed by atoms with Crippen LogP contribution in [0.5, 0.6) is 0 Å². The molecule has 3 atom stereocenters. The Morgan fingerprint density at radius 3 is 2.48 bits per heavy atom. The molecule has 144 valence electrons. The van der Waals surface area contributed by atoms with Crippen molar-refractivity contribution < 1.29 is 23.5 Å². The largest absolute Gasteiger partial charge is 0.479 e. The molecule has 7 nitrogen and oxygen atoms in total. The molecule has 0 radical (unpaired) electrons. The van der Waals surface area contributed by atoms with Crippen LogP contribution < -0.4 is 9.62 Å². The van der Waals surface area contributed by atoms with Gasteiger partial charge in [0.2, 0.25) is 0 Å². The van der Waals surface area contributed by atoms with E-state index < -0.39 is 28.7 Å². The molecular formula is C18H20N2O5S2. The SMILES string of the molecule is CC(C)NC(=O)c1ccc(N(S(=O)O)C2(C(=O)O)CC2c2ccccc2)s1. The van der Waals surface area contributed by atoms with E-state index >= 15 is 0 Å². The Hall–Kier alpha value is -2.23. The van der Waals surface area contributed by atoms with Gasteiger partial charge in [-0.05, 0) is 38.0 Å². The third kappa shape index (κ3) is 3.62. The smallest absolute Gasteiger partial charge is 0.331 e. The first-order valence-corrected chi connectivity index (χ1v) is 10.3. The number of carbonyl (C=O) groups is 2. The van der Waals surface area contributed by atoms with Crippen molar-refractivity contribution in [3.05, 3.63) is 52.9 Å². The van der Waals surface area contributed by atoms with Crippen LogP contribution >= 0.6 is 11.3 Å². The number of rotatable bonds is 7. The lowest BCUT2D eigenvalue weighted by molar-refractivity contribution is -0.139. The maximum atomic E-state index is 12.2. The van der Waals surface area contributed by atoms with E-state index in [-0.39, 0.29) is 23.4 Å². The average molecular weight is 409 g/mol. The Balaban J connectivity index is 1.96. The third-order valence-electron chi connectivity index (χ3n) is 4.46. The standard InChI is InChI=1S/C18H20N2O5S2/c1-11(2)19-16(21)14-8-9-15(26-14)20(27(24)25)18(17(22)23)10-13(18)12-6-4-3-5-7-12/h3-9,11,13H,10H2,1-2H3,(H,19,21)(H,22,23)(H,24,25). The minimum atomic E-state index is -2.56. The molecule has 1 aromatic heterocycles. The number of thiophene rings is 1. The number of carboxylic acid groups (broad SMARTS) is 1. The van der Waals surface area contributed by atoms with Gasteiger partial charge in [-0.2, -0.15) is 0 Å². The highest BCUT2D eigenvalue weighted by atomic mass is 32.2. The number of nitrogens with one attached hydrogen (secondary N) is 1. The van der Waals surface area contributed by atoms with Crippen LogP contribution in [0.25, 0.3) is 0 Å². The predicted molar refractivity (Wildman–Crippen MR) is 104 cm³/mol. The minimum Gasteiger partial charge on any atom is -0.479 e. The Morgan fingerprint density at radius 2 is 1.93 bits per heavy atom. The maximum absolute atomic E-state index is 12.2. The van der Waals surface area contributed by atoms with Crippen molar-refractivity contribution in [1.82, 2.24) is 5.32 Å². The Bertz CT molecular complexity index is 883. The molecule has 1 amide bonds. The van der Waals surface area contributed by atoms with Gasteiger partial charge in [0, 0.05) is 12.0 Å². The molecule has 1 fully saturated rings. The van der Waals surface area contributed by atoms with Crippen LogP contribution in [0.1, 0.15) is 41.4 Å². The van der Waals surface area contributed by atoms with Crippen molar-refractivity contribution >= 4 is 39.5 Å². The molecule has 0 saturated heterocycles. The molecular weight excluding hydrogens is 388 g/mol. The molecule has 27 heavy (non-hydrogen) atoms. The first kappa shape index (κ1) is 19.5. The number of carboxylic acids is 1. The monoisotopic (exact) mass is 408 g/mol. The van der Waals surface area contributed by atoms with Crippen molar-refractivity contribution in [3.8, 4) is 0 Å². The zero-order valence-corrected chi connectivity index (χ0v) is 16.4. The van der Waals surface area contributed by atoms with Gasteiger partial charge >= 0.3 is 5.97 Å². The Kier molecular flexibility index (Phi) is 5.36. The number of aliphatic carboxylic acids is 1. The lowest BCUT2D eigenvalue weighted by Gasteiger charge is -2.26. The second kappa shape index (κ2) is 7.41. The lowest BCUT2D eigenvalue weighted by Crippen LogP contribution is -2.45. The summed E-state index contributed by atoms with van der Waals surface area (Å²) >= 11 is -1.56. The fraction of sp³-hybridized carbons (Fsp3) is 0.333. The van der Waals surface area contributed by atoms with Crippen LogP contribution in [0.2, 0.25) is 0 Å². The number of hydrogen-bond donors (Lipinski definition) is 3. The number of amides is 1. The molecule has 2 aromatic rings. The summed E-state index contributed by atoms with van der Waals surface area (Å²) in [5.41, 5.74) is -0.720. The van der Waals surface area contributed by atoms with Gasteiger partial charge in [0.1, 0.15) is 5.00 Å². The van der Waals surface area contributed by atoms with Crippen molar-refractivity contribution in [2.24, 2.45) is 0 Å². The summed E-state index contributed by atoms with van der Waals surface area (Å²) in [7, 11) is 0. The van der Waals surface area contributed by atoms with E-state index in [9.17, 15) is 23.5 Å². The molecule has 1 aromatic carbocycles. The van der Waals surface area contributed by atoms with E-state index in [1.807, 2.05) is 32.0 Å². The molecule has 3 N–H and O–H groups in total. The van der Waals surface area contributed by atoms with Crippen LogP contribution in [0, 0.1) is 0 Å². The van der Waals surface area contributed by atoms with Gasteiger partial charge in [0.25, 0.3) is 17.2 Å². The number of nitrogens with zero attached hydrogens (tertiary/aromatic N) is 1. The summed E-state index contributed by atoms with van der Waals surface area (Å²) in [5, 5.41) is 12.9. The van der Waals surface area contributed by atoms with Crippen LogP contribution in [-0.2, 0) is 16.1 Å². The van der Waals surface area contributed by atoms with Gasteiger partial charge in [0.15, 0.2) is 5.54 Å². The van der Waals surface area contributed by atoms with Crippen molar-refractivity contribution in [1.29, 1.82) is 0 Å². The van der Waals surface area contributed by atoms with Gasteiger partial charge in [-0.1, -0.05) is 30.3 Å². The van der Waals surface area contributed by atoms with Crippen LogP contribution in [0.4, 0.5) is 5.00 Å². The predicted octanol–water partition coefficient (Wildman–Crippen LogP) is 2.84. The van der Waals surface area contributed by atoms with E-state index in [4.69, 9.17) is 0 Å². The topological polar surface area (TPSA) is 107 Å². The summed E-state index contributed by atoms with van der Waals surface area (Å²) in [4.78, 5) is 24.6. The lowest BCUT2D eigenvalue weighted by atomic mass is 10.1. The number of anilines is 1. The maximum Gasteiger partial charge on any atom is 0.331 e. The summed E-state index contributed by atoms with van der Waals surface area (Å²) in [6.45, 7) is 3.66.